The number of nitrogens with zero attached hydrogens (tertiary/aromatic N) is 2. The molecule has 0 bridgehead atoms. The Morgan fingerprint density at radius 1 is 1.67 bits per heavy atom. The molecule has 0 aliphatic heterocycles. The highest BCUT2D eigenvalue weighted by atomic mass is 16.5. The van der Waals surface area contributed by atoms with Gasteiger partial charge in [0.05, 0.1) is 18.3 Å². The molecule has 0 radical (unpaired) electrons. The van der Waals surface area contributed by atoms with Crippen molar-refractivity contribution in [2.45, 2.75) is 32.9 Å². The second-order valence-electron chi connectivity index (χ2n) is 4.12. The van der Waals surface area contributed by atoms with Crippen molar-refractivity contribution in [2.24, 2.45) is 0 Å². The minimum absolute atomic E-state index is 0.103. The van der Waals surface area contributed by atoms with Gasteiger partial charge in [-0.15, -0.1) is 0 Å². The maximum atomic E-state index is 12.0. The van der Waals surface area contributed by atoms with E-state index in [1.54, 1.807) is 17.9 Å². The van der Waals surface area contributed by atoms with Gasteiger partial charge in [-0.1, -0.05) is 0 Å². The molecule has 6 heteroatoms. The monoisotopic (exact) mass is 255 g/mol. The van der Waals surface area contributed by atoms with Crippen LogP contribution in [0.15, 0.2) is 6.07 Å². The molecule has 0 aromatic carbocycles. The highest BCUT2D eigenvalue weighted by molar-refractivity contribution is 5.92. The lowest BCUT2D eigenvalue weighted by atomic mass is 10.2. The summed E-state index contributed by atoms with van der Waals surface area (Å²) in [6, 6.07) is 1.45. The van der Waals surface area contributed by atoms with E-state index in [1.807, 2.05) is 13.8 Å². The zero-order valence-corrected chi connectivity index (χ0v) is 11.1. The third-order valence-corrected chi connectivity index (χ3v) is 2.66. The molecule has 0 saturated carbocycles. The molecule has 0 spiro atoms. The van der Waals surface area contributed by atoms with Crippen molar-refractivity contribution in [2.75, 3.05) is 20.3 Å². The third kappa shape index (κ3) is 3.82. The first-order valence-corrected chi connectivity index (χ1v) is 6.07. The van der Waals surface area contributed by atoms with Gasteiger partial charge in [0, 0.05) is 20.3 Å². The summed E-state index contributed by atoms with van der Waals surface area (Å²) >= 11 is 0. The summed E-state index contributed by atoms with van der Waals surface area (Å²) in [6.45, 7) is 4.80. The molecule has 1 heterocycles. The number of aliphatic hydroxyl groups excluding tert-OH is 1. The number of hydrogen-bond donors (Lipinski definition) is 2. The third-order valence-electron chi connectivity index (χ3n) is 2.66. The fraction of sp³-hybridized carbons (Fsp3) is 0.667. The molecule has 6 nitrogen and oxygen atoms in total. The topological polar surface area (TPSA) is 76.4 Å². The molecule has 1 aromatic rings. The number of carbonyl (C=O) groups is 1. The largest absolute Gasteiger partial charge is 0.394 e. The van der Waals surface area contributed by atoms with Crippen LogP contribution in [0.25, 0.3) is 0 Å². The van der Waals surface area contributed by atoms with Crippen LogP contribution in [0.1, 0.15) is 29.5 Å². The van der Waals surface area contributed by atoms with Gasteiger partial charge >= 0.3 is 0 Å². The van der Waals surface area contributed by atoms with Crippen molar-refractivity contribution in [3.8, 4) is 0 Å². The van der Waals surface area contributed by atoms with E-state index in [4.69, 9.17) is 4.74 Å². The van der Waals surface area contributed by atoms with Crippen molar-refractivity contribution in [1.29, 1.82) is 0 Å². The van der Waals surface area contributed by atoms with Crippen LogP contribution < -0.4 is 5.32 Å². The minimum atomic E-state index is -0.294. The maximum absolute atomic E-state index is 12.0. The van der Waals surface area contributed by atoms with E-state index in [-0.39, 0.29) is 18.6 Å². The number of nitrogens with one attached hydrogen (secondary N) is 1. The predicted octanol–water partition coefficient (Wildman–Crippen LogP) is 0.339. The summed E-state index contributed by atoms with van der Waals surface area (Å²) in [7, 11) is 1.59. The first-order chi connectivity index (χ1) is 8.62. The number of ether oxygens (including phenoxy) is 1. The number of aryl methyl sites for hydroxylation is 2. The Balaban J connectivity index is 2.68. The molecule has 102 valence electrons. The molecule has 0 saturated heterocycles. The van der Waals surface area contributed by atoms with Gasteiger partial charge in [0.2, 0.25) is 0 Å². The number of methoxy groups -OCH3 is 1. The summed E-state index contributed by atoms with van der Waals surface area (Å²) in [5.41, 5.74) is 1.32. The average molecular weight is 255 g/mol. The molecule has 1 rings (SSSR count). The number of rotatable bonds is 7. The van der Waals surface area contributed by atoms with Crippen molar-refractivity contribution in [3.63, 3.8) is 0 Å². The van der Waals surface area contributed by atoms with Crippen LogP contribution in [0.5, 0.6) is 0 Å². The molecule has 1 atom stereocenters. The van der Waals surface area contributed by atoms with E-state index in [1.165, 1.54) is 0 Å². The van der Waals surface area contributed by atoms with E-state index in [0.717, 1.165) is 5.69 Å². The van der Waals surface area contributed by atoms with Gasteiger partial charge in [0.1, 0.15) is 5.69 Å². The smallest absolute Gasteiger partial charge is 0.269 e. The molecule has 1 unspecified atom stereocenters. The van der Waals surface area contributed by atoms with Crippen molar-refractivity contribution < 1.29 is 14.6 Å². The zero-order valence-electron chi connectivity index (χ0n) is 11.1. The van der Waals surface area contributed by atoms with Gasteiger partial charge in [-0.25, -0.2) is 0 Å². The average Bonchev–Trinajstić information content (AvgIpc) is 2.75. The Bertz CT molecular complexity index is 390. The van der Waals surface area contributed by atoms with Gasteiger partial charge in [0.15, 0.2) is 0 Å². The van der Waals surface area contributed by atoms with Gasteiger partial charge in [-0.05, 0) is 26.3 Å². The summed E-state index contributed by atoms with van der Waals surface area (Å²) in [5, 5.41) is 16.2. The van der Waals surface area contributed by atoms with E-state index >= 15 is 0 Å². The number of aromatic nitrogens is 2. The molecule has 0 aliphatic rings. The van der Waals surface area contributed by atoms with Crippen LogP contribution in [-0.2, 0) is 11.3 Å². The van der Waals surface area contributed by atoms with Crippen molar-refractivity contribution >= 4 is 5.91 Å². The van der Waals surface area contributed by atoms with E-state index in [2.05, 4.69) is 10.4 Å². The molecule has 1 aromatic heterocycles. The SMILES string of the molecule is CCn1nc(C)cc1C(=O)NC(CO)CCOC. The first kappa shape index (κ1) is 14.7. The quantitative estimate of drug-likeness (QED) is 0.736. The van der Waals surface area contributed by atoms with Gasteiger partial charge in [-0.2, -0.15) is 5.10 Å². The van der Waals surface area contributed by atoms with Gasteiger partial charge < -0.3 is 15.2 Å². The van der Waals surface area contributed by atoms with Crippen molar-refractivity contribution in [1.82, 2.24) is 15.1 Å². The normalized spacial score (nSPS) is 12.4. The zero-order chi connectivity index (χ0) is 13.5. The fourth-order valence-electron chi connectivity index (χ4n) is 1.70. The maximum Gasteiger partial charge on any atom is 0.269 e. The second kappa shape index (κ2) is 7.13. The van der Waals surface area contributed by atoms with Crippen LogP contribution in [0.2, 0.25) is 0 Å². The van der Waals surface area contributed by atoms with E-state index < -0.39 is 0 Å². The Morgan fingerprint density at radius 2 is 2.39 bits per heavy atom. The Morgan fingerprint density at radius 3 is 2.94 bits per heavy atom. The molecular formula is C12H21N3O3. The van der Waals surface area contributed by atoms with Gasteiger partial charge in [-0.3, -0.25) is 9.48 Å². The number of amides is 1. The number of carbonyl (C=O) groups excluding carboxylic acids is 1. The standard InChI is InChI=1S/C12H21N3O3/c1-4-15-11(7-9(2)14-15)12(17)13-10(8-16)5-6-18-3/h7,10,16H,4-6,8H2,1-3H3,(H,13,17). The summed E-state index contributed by atoms with van der Waals surface area (Å²) in [5.74, 6) is -0.215. The van der Waals surface area contributed by atoms with Gasteiger partial charge in [0.25, 0.3) is 5.91 Å². The Labute approximate surface area is 107 Å². The summed E-state index contributed by atoms with van der Waals surface area (Å²) in [6.07, 6.45) is 0.581. The predicted molar refractivity (Wildman–Crippen MR) is 67.5 cm³/mol. The molecule has 0 fully saturated rings. The fourth-order valence-corrected chi connectivity index (χ4v) is 1.70. The lowest BCUT2D eigenvalue weighted by Crippen LogP contribution is -2.39. The number of hydrogen-bond acceptors (Lipinski definition) is 4. The van der Waals surface area contributed by atoms with Crippen molar-refractivity contribution in [3.05, 3.63) is 17.5 Å². The lowest BCUT2D eigenvalue weighted by Gasteiger charge is -2.15. The first-order valence-electron chi connectivity index (χ1n) is 6.07. The summed E-state index contributed by atoms with van der Waals surface area (Å²) < 4.78 is 6.58. The molecule has 0 aliphatic carbocycles. The highest BCUT2D eigenvalue weighted by Gasteiger charge is 2.17. The van der Waals surface area contributed by atoms with Crippen LogP contribution in [-0.4, -0.2) is 47.2 Å². The molecule has 1 amide bonds. The molecular weight excluding hydrogens is 234 g/mol. The molecule has 18 heavy (non-hydrogen) atoms. The second-order valence-corrected chi connectivity index (χ2v) is 4.12. The Hall–Kier alpha value is -1.40. The molecule has 2 N–H and O–H groups in total. The summed E-state index contributed by atoms with van der Waals surface area (Å²) in [4.78, 5) is 12.0. The van der Waals surface area contributed by atoms with Crippen LogP contribution in [0.4, 0.5) is 0 Å². The van der Waals surface area contributed by atoms with Crippen LogP contribution in [0.3, 0.4) is 0 Å². The van der Waals surface area contributed by atoms with Crippen LogP contribution in [0, 0.1) is 6.92 Å². The Kier molecular flexibility index (Phi) is 5.80. The van der Waals surface area contributed by atoms with E-state index in [9.17, 15) is 9.90 Å². The lowest BCUT2D eigenvalue weighted by molar-refractivity contribution is 0.0884. The van der Waals surface area contributed by atoms with Crippen LogP contribution >= 0.6 is 0 Å². The van der Waals surface area contributed by atoms with E-state index in [0.29, 0.717) is 25.3 Å². The highest BCUT2D eigenvalue weighted by Crippen LogP contribution is 2.04. The number of aliphatic hydroxyl groups is 1. The minimum Gasteiger partial charge on any atom is -0.394 e.